The van der Waals surface area contributed by atoms with Gasteiger partial charge in [-0.1, -0.05) is 18.2 Å². The second-order valence-electron chi connectivity index (χ2n) is 9.17. The SMILES string of the molecule is COCCN(CC(=O)N1N=C(c2cccn2C)C[C@@H]1c1ccccc1OC)C(=O)Nc1ccc(C(F)(F)F)cc1. The van der Waals surface area contributed by atoms with Crippen molar-refractivity contribution < 1.29 is 32.2 Å². The van der Waals surface area contributed by atoms with E-state index in [0.29, 0.717) is 17.9 Å². The molecule has 1 aliphatic rings. The van der Waals surface area contributed by atoms with Gasteiger partial charge < -0.3 is 24.3 Å². The molecular formula is C28H30F3N5O4. The molecule has 3 aromatic rings. The molecule has 0 aliphatic carbocycles. The fourth-order valence-electron chi connectivity index (χ4n) is 4.47. The third-order valence-corrected chi connectivity index (χ3v) is 6.55. The van der Waals surface area contributed by atoms with Gasteiger partial charge in [0, 0.05) is 44.6 Å². The van der Waals surface area contributed by atoms with Gasteiger partial charge in [0.1, 0.15) is 12.3 Å². The molecule has 2 heterocycles. The number of anilines is 1. The van der Waals surface area contributed by atoms with E-state index in [4.69, 9.17) is 9.47 Å². The summed E-state index contributed by atoms with van der Waals surface area (Å²) >= 11 is 0. The van der Waals surface area contributed by atoms with Crippen molar-refractivity contribution in [3.05, 3.63) is 83.7 Å². The fourth-order valence-corrected chi connectivity index (χ4v) is 4.47. The van der Waals surface area contributed by atoms with Crippen molar-refractivity contribution in [1.29, 1.82) is 0 Å². The van der Waals surface area contributed by atoms with Gasteiger partial charge in [-0.25, -0.2) is 9.80 Å². The second-order valence-corrected chi connectivity index (χ2v) is 9.17. The van der Waals surface area contributed by atoms with E-state index in [-0.39, 0.29) is 25.4 Å². The Bertz CT molecular complexity index is 1370. The molecule has 4 rings (SSSR count). The van der Waals surface area contributed by atoms with Crippen molar-refractivity contribution >= 4 is 23.3 Å². The lowest BCUT2D eigenvalue weighted by molar-refractivity contribution is -0.137. The van der Waals surface area contributed by atoms with Crippen LogP contribution in [0.4, 0.5) is 23.7 Å². The van der Waals surface area contributed by atoms with Crippen LogP contribution in [0.15, 0.2) is 72.0 Å². The Morgan fingerprint density at radius 3 is 2.42 bits per heavy atom. The Kier molecular flexibility index (Phi) is 8.78. The minimum absolute atomic E-state index is 0.0657. The summed E-state index contributed by atoms with van der Waals surface area (Å²) < 4.78 is 51.3. The summed E-state index contributed by atoms with van der Waals surface area (Å²) in [6.45, 7) is -0.136. The maximum Gasteiger partial charge on any atom is 0.416 e. The molecule has 212 valence electrons. The van der Waals surface area contributed by atoms with E-state index in [1.807, 2.05) is 48.1 Å². The van der Waals surface area contributed by atoms with Crippen LogP contribution in [-0.2, 0) is 22.8 Å². The van der Waals surface area contributed by atoms with E-state index in [9.17, 15) is 22.8 Å². The third kappa shape index (κ3) is 6.45. The van der Waals surface area contributed by atoms with Crippen LogP contribution in [0.5, 0.6) is 5.75 Å². The summed E-state index contributed by atoms with van der Waals surface area (Å²) in [6, 6.07) is 14.1. The van der Waals surface area contributed by atoms with Crippen molar-refractivity contribution in [3.63, 3.8) is 0 Å². The highest BCUT2D eigenvalue weighted by Crippen LogP contribution is 2.37. The van der Waals surface area contributed by atoms with Crippen LogP contribution in [0, 0.1) is 0 Å². The van der Waals surface area contributed by atoms with Gasteiger partial charge in [0.05, 0.1) is 36.7 Å². The van der Waals surface area contributed by atoms with Crippen molar-refractivity contribution in [2.24, 2.45) is 12.1 Å². The maximum absolute atomic E-state index is 13.7. The number of benzene rings is 2. The van der Waals surface area contributed by atoms with E-state index in [1.165, 1.54) is 17.0 Å². The number of carbonyl (C=O) groups excluding carboxylic acids is 2. The normalized spacial score (nSPS) is 15.1. The molecule has 0 saturated heterocycles. The van der Waals surface area contributed by atoms with Crippen LogP contribution >= 0.6 is 0 Å². The van der Waals surface area contributed by atoms with Gasteiger partial charge in [-0.2, -0.15) is 18.3 Å². The number of ether oxygens (including phenoxy) is 2. The smallest absolute Gasteiger partial charge is 0.416 e. The summed E-state index contributed by atoms with van der Waals surface area (Å²) in [7, 11) is 4.90. The number of nitrogens with one attached hydrogen (secondary N) is 1. The number of aromatic nitrogens is 1. The second kappa shape index (κ2) is 12.2. The topological polar surface area (TPSA) is 88.4 Å². The van der Waals surface area contributed by atoms with Crippen molar-refractivity contribution in [2.45, 2.75) is 18.6 Å². The first-order chi connectivity index (χ1) is 19.1. The Labute approximate surface area is 229 Å². The summed E-state index contributed by atoms with van der Waals surface area (Å²) in [5, 5.41) is 8.59. The number of para-hydroxylation sites is 1. The average Bonchev–Trinajstić information content (AvgIpc) is 3.57. The van der Waals surface area contributed by atoms with Crippen molar-refractivity contribution in [3.8, 4) is 5.75 Å². The van der Waals surface area contributed by atoms with Gasteiger partial charge in [-0.15, -0.1) is 0 Å². The number of rotatable bonds is 9. The van der Waals surface area contributed by atoms with E-state index >= 15 is 0 Å². The van der Waals surface area contributed by atoms with E-state index < -0.39 is 29.7 Å². The number of alkyl halides is 3. The van der Waals surface area contributed by atoms with Gasteiger partial charge in [-0.3, -0.25) is 4.79 Å². The highest BCUT2D eigenvalue weighted by Gasteiger charge is 2.36. The predicted molar refractivity (Wildman–Crippen MR) is 143 cm³/mol. The monoisotopic (exact) mass is 557 g/mol. The molecule has 2 aromatic carbocycles. The number of amides is 3. The average molecular weight is 558 g/mol. The molecule has 0 fully saturated rings. The molecule has 12 heteroatoms. The minimum Gasteiger partial charge on any atom is -0.496 e. The quantitative estimate of drug-likeness (QED) is 0.405. The zero-order valence-electron chi connectivity index (χ0n) is 22.3. The Balaban J connectivity index is 1.58. The largest absolute Gasteiger partial charge is 0.496 e. The number of hydrazone groups is 1. The van der Waals surface area contributed by atoms with Gasteiger partial charge in [0.2, 0.25) is 0 Å². The Morgan fingerprint density at radius 2 is 1.80 bits per heavy atom. The van der Waals surface area contributed by atoms with Crippen LogP contribution in [-0.4, -0.2) is 66.0 Å². The first-order valence-electron chi connectivity index (χ1n) is 12.5. The zero-order chi connectivity index (χ0) is 28.9. The molecule has 1 aliphatic heterocycles. The summed E-state index contributed by atoms with van der Waals surface area (Å²) in [5.74, 6) is 0.156. The highest BCUT2D eigenvalue weighted by atomic mass is 19.4. The van der Waals surface area contributed by atoms with E-state index in [1.54, 1.807) is 13.2 Å². The lowest BCUT2D eigenvalue weighted by Crippen LogP contribution is -2.44. The number of hydrogen-bond donors (Lipinski definition) is 1. The van der Waals surface area contributed by atoms with Gasteiger partial charge in [-0.05, 0) is 42.5 Å². The molecule has 1 N–H and O–H groups in total. The predicted octanol–water partition coefficient (Wildman–Crippen LogP) is 4.91. The molecule has 9 nitrogen and oxygen atoms in total. The first-order valence-corrected chi connectivity index (χ1v) is 12.5. The van der Waals surface area contributed by atoms with Gasteiger partial charge >= 0.3 is 12.2 Å². The number of hydrogen-bond acceptors (Lipinski definition) is 5. The lowest BCUT2D eigenvalue weighted by Gasteiger charge is -2.27. The van der Waals surface area contributed by atoms with Crippen LogP contribution in [0.1, 0.15) is 29.3 Å². The number of nitrogens with zero attached hydrogens (tertiary/aromatic N) is 4. The Hall–Kier alpha value is -4.32. The van der Waals surface area contributed by atoms with Crippen molar-refractivity contribution in [1.82, 2.24) is 14.5 Å². The number of carbonyl (C=O) groups is 2. The summed E-state index contributed by atoms with van der Waals surface area (Å²) in [4.78, 5) is 28.0. The zero-order valence-corrected chi connectivity index (χ0v) is 22.3. The lowest BCUT2D eigenvalue weighted by atomic mass is 9.99. The first kappa shape index (κ1) is 28.7. The molecule has 40 heavy (non-hydrogen) atoms. The molecule has 0 unspecified atom stereocenters. The summed E-state index contributed by atoms with van der Waals surface area (Å²) in [6.07, 6.45) is -2.18. The van der Waals surface area contributed by atoms with Gasteiger partial charge in [0.25, 0.3) is 5.91 Å². The molecule has 0 radical (unpaired) electrons. The number of methoxy groups -OCH3 is 2. The van der Waals surface area contributed by atoms with Crippen LogP contribution in [0.3, 0.4) is 0 Å². The standard InChI is InChI=1S/C28H30F3N5O4/c1-34-14-6-8-23(34)22-17-24(21-7-4-5-9-25(21)40-3)36(33-22)26(37)18-35(15-16-39-2)27(38)32-20-12-10-19(11-13-20)28(29,30)31/h4-14,24H,15-18H2,1-3H3,(H,32,38)/t24-/m1/s1. The molecule has 3 amide bonds. The van der Waals surface area contributed by atoms with E-state index in [2.05, 4.69) is 10.4 Å². The number of urea groups is 1. The maximum atomic E-state index is 13.7. The highest BCUT2D eigenvalue weighted by molar-refractivity contribution is 6.02. The third-order valence-electron chi connectivity index (χ3n) is 6.55. The number of halogens is 3. The van der Waals surface area contributed by atoms with Crippen molar-refractivity contribution in [2.75, 3.05) is 39.2 Å². The molecule has 0 bridgehead atoms. The van der Waals surface area contributed by atoms with Gasteiger partial charge in [0.15, 0.2) is 0 Å². The molecule has 0 spiro atoms. The minimum atomic E-state index is -4.49. The summed E-state index contributed by atoms with van der Waals surface area (Å²) in [5.41, 5.74) is 1.65. The molecule has 0 saturated carbocycles. The molecule has 1 atom stereocenters. The Morgan fingerprint density at radius 1 is 1.07 bits per heavy atom. The van der Waals surface area contributed by atoms with Crippen LogP contribution < -0.4 is 10.1 Å². The molecule has 1 aromatic heterocycles. The van der Waals surface area contributed by atoms with E-state index in [0.717, 1.165) is 35.5 Å². The fraction of sp³-hybridized carbons (Fsp3) is 0.321. The van der Waals surface area contributed by atoms with Crippen LogP contribution in [0.2, 0.25) is 0 Å². The van der Waals surface area contributed by atoms with Crippen LogP contribution in [0.25, 0.3) is 0 Å². The molecular weight excluding hydrogens is 527 g/mol. The number of aryl methyl sites for hydroxylation is 1.